The van der Waals surface area contributed by atoms with Gasteiger partial charge in [0.15, 0.2) is 0 Å². The Balaban J connectivity index is 2.43. The van der Waals surface area contributed by atoms with E-state index < -0.39 is 0 Å². The van der Waals surface area contributed by atoms with E-state index in [0.717, 1.165) is 0 Å². The Labute approximate surface area is 96.4 Å². The summed E-state index contributed by atoms with van der Waals surface area (Å²) >= 11 is 0. The zero-order valence-corrected chi connectivity index (χ0v) is 11.3. The Kier molecular flexibility index (Phi) is 4.64. The van der Waals surface area contributed by atoms with Gasteiger partial charge in [0.1, 0.15) is 0 Å². The minimum Gasteiger partial charge on any atom is -0.326 e. The van der Waals surface area contributed by atoms with E-state index in [1.54, 1.807) is 0 Å². The molecule has 0 atom stereocenters. The zero-order valence-electron chi connectivity index (χ0n) is 11.3. The Bertz CT molecular complexity index is 178. The van der Waals surface area contributed by atoms with E-state index >= 15 is 0 Å². The molecule has 0 bridgehead atoms. The second kappa shape index (κ2) is 5.34. The van der Waals surface area contributed by atoms with Gasteiger partial charge in [-0.1, -0.05) is 33.6 Å². The third kappa shape index (κ3) is 4.55. The van der Waals surface area contributed by atoms with Crippen molar-refractivity contribution >= 4 is 0 Å². The topological polar surface area (TPSA) is 0 Å². The number of hydrogen-bond acceptors (Lipinski definition) is 0. The first-order chi connectivity index (χ1) is 6.97. The lowest BCUT2D eigenvalue weighted by atomic mass is 9.85. The van der Waals surface area contributed by atoms with E-state index in [2.05, 4.69) is 27.8 Å². The number of rotatable bonds is 5. The van der Waals surface area contributed by atoms with Crippen molar-refractivity contribution in [1.29, 1.82) is 0 Å². The van der Waals surface area contributed by atoms with Crippen LogP contribution in [-0.2, 0) is 0 Å². The Morgan fingerprint density at radius 2 is 1.67 bits per heavy atom. The molecule has 90 valence electrons. The van der Waals surface area contributed by atoms with Crippen LogP contribution in [0.5, 0.6) is 0 Å². The van der Waals surface area contributed by atoms with E-state index in [0.29, 0.717) is 5.41 Å². The summed E-state index contributed by atoms with van der Waals surface area (Å²) in [5.41, 5.74) is 0.544. The Morgan fingerprint density at radius 3 is 2.20 bits per heavy atom. The van der Waals surface area contributed by atoms with Gasteiger partial charge >= 0.3 is 0 Å². The number of likely N-dealkylation sites (tertiary alicyclic amines) is 1. The molecule has 1 nitrogen and oxygen atoms in total. The average Bonchev–Trinajstić information content (AvgIpc) is 2.14. The predicted octanol–water partition coefficient (Wildman–Crippen LogP) is 3.83. The highest BCUT2D eigenvalue weighted by Gasteiger charge is 2.32. The molecule has 0 aliphatic carbocycles. The lowest BCUT2D eigenvalue weighted by Gasteiger charge is -2.43. The molecule has 1 aliphatic heterocycles. The third-order valence-electron chi connectivity index (χ3n) is 3.91. The van der Waals surface area contributed by atoms with Crippen LogP contribution in [0.15, 0.2) is 0 Å². The summed E-state index contributed by atoms with van der Waals surface area (Å²) in [6.45, 7) is 11.4. The normalized spacial score (nSPS) is 21.6. The molecule has 0 aromatic heterocycles. The van der Waals surface area contributed by atoms with Crippen LogP contribution in [0.4, 0.5) is 0 Å². The maximum atomic E-state index is 2.47. The van der Waals surface area contributed by atoms with Gasteiger partial charge in [0, 0.05) is 5.41 Å². The van der Waals surface area contributed by atoms with Crippen molar-refractivity contribution in [2.24, 2.45) is 5.41 Å². The van der Waals surface area contributed by atoms with E-state index in [4.69, 9.17) is 0 Å². The quantitative estimate of drug-likeness (QED) is 0.608. The van der Waals surface area contributed by atoms with Crippen molar-refractivity contribution < 1.29 is 4.48 Å². The molecule has 0 unspecified atom stereocenters. The molecule has 1 aliphatic rings. The summed E-state index contributed by atoms with van der Waals surface area (Å²) in [6.07, 6.45) is 8.49. The molecule has 0 spiro atoms. The van der Waals surface area contributed by atoms with E-state index in [9.17, 15) is 0 Å². The predicted molar refractivity (Wildman–Crippen MR) is 67.9 cm³/mol. The maximum absolute atomic E-state index is 2.47. The molecule has 1 fully saturated rings. The molecule has 0 aromatic carbocycles. The molecular formula is C14H30N+. The number of unbranched alkanes of at least 4 members (excludes halogenated alkanes) is 1. The second-order valence-corrected chi connectivity index (χ2v) is 6.55. The summed E-state index contributed by atoms with van der Waals surface area (Å²) in [7, 11) is 2.47. The summed E-state index contributed by atoms with van der Waals surface area (Å²) < 4.78 is 1.33. The maximum Gasteiger partial charge on any atom is 0.0836 e. The van der Waals surface area contributed by atoms with Crippen molar-refractivity contribution in [2.75, 3.05) is 26.7 Å². The lowest BCUT2D eigenvalue weighted by Crippen LogP contribution is -2.52. The van der Waals surface area contributed by atoms with Gasteiger partial charge in [-0.25, -0.2) is 0 Å². The zero-order chi connectivity index (χ0) is 11.4. The van der Waals surface area contributed by atoms with Crippen molar-refractivity contribution in [1.82, 2.24) is 0 Å². The molecule has 0 saturated carbocycles. The van der Waals surface area contributed by atoms with Crippen molar-refractivity contribution in [2.45, 2.75) is 59.3 Å². The van der Waals surface area contributed by atoms with Gasteiger partial charge in [-0.05, 0) is 25.7 Å². The van der Waals surface area contributed by atoms with E-state index in [-0.39, 0.29) is 0 Å². The first-order valence-electron chi connectivity index (χ1n) is 6.81. The molecule has 15 heavy (non-hydrogen) atoms. The largest absolute Gasteiger partial charge is 0.326 e. The minimum absolute atomic E-state index is 0.544. The van der Waals surface area contributed by atoms with Crippen LogP contribution in [-0.4, -0.2) is 31.2 Å². The Morgan fingerprint density at radius 1 is 1.07 bits per heavy atom. The first kappa shape index (κ1) is 13.0. The molecular weight excluding hydrogens is 182 g/mol. The van der Waals surface area contributed by atoms with Crippen LogP contribution in [0.2, 0.25) is 0 Å². The molecule has 1 heterocycles. The average molecular weight is 212 g/mol. The number of nitrogens with zero attached hydrogens (tertiary/aromatic N) is 1. The summed E-state index contributed by atoms with van der Waals surface area (Å²) in [6, 6.07) is 0. The third-order valence-corrected chi connectivity index (χ3v) is 3.91. The fourth-order valence-electron chi connectivity index (χ4n) is 3.20. The van der Waals surface area contributed by atoms with E-state index in [1.165, 1.54) is 62.6 Å². The van der Waals surface area contributed by atoms with Gasteiger partial charge in [0.2, 0.25) is 0 Å². The second-order valence-electron chi connectivity index (χ2n) is 6.55. The van der Waals surface area contributed by atoms with Crippen LogP contribution in [0.3, 0.4) is 0 Å². The summed E-state index contributed by atoms with van der Waals surface area (Å²) in [4.78, 5) is 0. The van der Waals surface area contributed by atoms with Crippen LogP contribution >= 0.6 is 0 Å². The standard InChI is InChI=1S/C14H30N/c1-5-6-10-14(2,3)13-15(4)11-8-7-9-12-15/h5-13H2,1-4H3/q+1. The van der Waals surface area contributed by atoms with Crippen molar-refractivity contribution in [3.05, 3.63) is 0 Å². The summed E-state index contributed by atoms with van der Waals surface area (Å²) in [5, 5.41) is 0. The highest BCUT2D eigenvalue weighted by atomic mass is 15.3. The molecule has 0 amide bonds. The molecule has 0 N–H and O–H groups in total. The first-order valence-corrected chi connectivity index (χ1v) is 6.81. The van der Waals surface area contributed by atoms with Crippen LogP contribution in [0, 0.1) is 5.41 Å². The molecule has 0 aromatic rings. The van der Waals surface area contributed by atoms with Gasteiger partial charge < -0.3 is 4.48 Å². The van der Waals surface area contributed by atoms with Gasteiger partial charge in [-0.15, -0.1) is 0 Å². The number of hydrogen-bond donors (Lipinski definition) is 0. The molecule has 1 saturated heterocycles. The molecule has 0 radical (unpaired) electrons. The minimum atomic E-state index is 0.544. The lowest BCUT2D eigenvalue weighted by molar-refractivity contribution is -0.919. The Hall–Kier alpha value is -0.0400. The summed E-state index contributed by atoms with van der Waals surface area (Å²) in [5.74, 6) is 0. The van der Waals surface area contributed by atoms with Gasteiger partial charge in [0.25, 0.3) is 0 Å². The molecule has 1 heteroatoms. The SMILES string of the molecule is CCCCC(C)(C)C[N+]1(C)CCCCC1. The monoisotopic (exact) mass is 212 g/mol. The fraction of sp³-hybridized carbons (Fsp3) is 1.00. The smallest absolute Gasteiger partial charge is 0.0836 e. The van der Waals surface area contributed by atoms with Crippen LogP contribution in [0.1, 0.15) is 59.3 Å². The number of quaternary nitrogens is 1. The van der Waals surface area contributed by atoms with Crippen molar-refractivity contribution in [3.63, 3.8) is 0 Å². The highest BCUT2D eigenvalue weighted by molar-refractivity contribution is 4.69. The highest BCUT2D eigenvalue weighted by Crippen LogP contribution is 2.29. The van der Waals surface area contributed by atoms with Crippen molar-refractivity contribution in [3.8, 4) is 0 Å². The fourth-order valence-corrected chi connectivity index (χ4v) is 3.20. The van der Waals surface area contributed by atoms with Crippen LogP contribution in [0.25, 0.3) is 0 Å². The van der Waals surface area contributed by atoms with E-state index in [1.807, 2.05) is 0 Å². The van der Waals surface area contributed by atoms with Crippen LogP contribution < -0.4 is 0 Å². The van der Waals surface area contributed by atoms with Gasteiger partial charge in [-0.3, -0.25) is 0 Å². The molecule has 1 rings (SSSR count). The van der Waals surface area contributed by atoms with Gasteiger partial charge in [0.05, 0.1) is 26.7 Å². The number of piperidine rings is 1. The van der Waals surface area contributed by atoms with Gasteiger partial charge in [-0.2, -0.15) is 0 Å².